The first kappa shape index (κ1) is 15.4. The molecule has 126 valence electrons. The van der Waals surface area contributed by atoms with Crippen molar-refractivity contribution in [1.29, 1.82) is 0 Å². The zero-order valence-electron chi connectivity index (χ0n) is 14.2. The number of nitrogens with zero attached hydrogens (tertiary/aromatic N) is 3. The van der Waals surface area contributed by atoms with Crippen molar-refractivity contribution in [3.8, 4) is 11.5 Å². The van der Waals surface area contributed by atoms with Crippen molar-refractivity contribution < 1.29 is 4.74 Å². The molecular formula is C20H25N3O. The lowest BCUT2D eigenvalue weighted by Crippen LogP contribution is -2.30. The summed E-state index contributed by atoms with van der Waals surface area (Å²) >= 11 is 0. The second-order valence-electron chi connectivity index (χ2n) is 6.86. The lowest BCUT2D eigenvalue weighted by atomic mass is 10.0. The van der Waals surface area contributed by atoms with Crippen LogP contribution in [0, 0.1) is 0 Å². The quantitative estimate of drug-likeness (QED) is 0.778. The van der Waals surface area contributed by atoms with Gasteiger partial charge in [-0.15, -0.1) is 0 Å². The highest BCUT2D eigenvalue weighted by Gasteiger charge is 2.14. The van der Waals surface area contributed by atoms with Crippen LogP contribution < -0.4 is 9.64 Å². The van der Waals surface area contributed by atoms with E-state index >= 15 is 0 Å². The average Bonchev–Trinajstić information content (AvgIpc) is 2.88. The smallest absolute Gasteiger partial charge is 0.225 e. The molecule has 2 aliphatic rings. The zero-order valence-corrected chi connectivity index (χ0v) is 14.2. The van der Waals surface area contributed by atoms with Gasteiger partial charge in [0.05, 0.1) is 12.4 Å². The van der Waals surface area contributed by atoms with Gasteiger partial charge in [-0.25, -0.2) is 9.97 Å². The Hall–Kier alpha value is -2.10. The lowest BCUT2D eigenvalue weighted by molar-refractivity contribution is 0.475. The highest BCUT2D eigenvalue weighted by Crippen LogP contribution is 2.28. The third kappa shape index (κ3) is 3.53. The van der Waals surface area contributed by atoms with Crippen molar-refractivity contribution >= 4 is 5.95 Å². The molecule has 1 aromatic heterocycles. The van der Waals surface area contributed by atoms with Crippen LogP contribution in [-0.2, 0) is 12.8 Å². The molecule has 0 spiro atoms. The van der Waals surface area contributed by atoms with Gasteiger partial charge >= 0.3 is 0 Å². The van der Waals surface area contributed by atoms with Crippen LogP contribution in [0.3, 0.4) is 0 Å². The highest BCUT2D eigenvalue weighted by atomic mass is 16.5. The maximum Gasteiger partial charge on any atom is 0.225 e. The van der Waals surface area contributed by atoms with E-state index in [1.54, 1.807) is 12.4 Å². The monoisotopic (exact) mass is 323 g/mol. The van der Waals surface area contributed by atoms with E-state index in [2.05, 4.69) is 33.1 Å². The van der Waals surface area contributed by atoms with Crippen molar-refractivity contribution in [2.45, 2.75) is 51.4 Å². The van der Waals surface area contributed by atoms with E-state index in [9.17, 15) is 0 Å². The second-order valence-corrected chi connectivity index (χ2v) is 6.86. The van der Waals surface area contributed by atoms with Gasteiger partial charge in [-0.3, -0.25) is 0 Å². The van der Waals surface area contributed by atoms with Crippen molar-refractivity contribution in [2.24, 2.45) is 0 Å². The average molecular weight is 323 g/mol. The number of anilines is 1. The van der Waals surface area contributed by atoms with Gasteiger partial charge in [0.25, 0.3) is 0 Å². The summed E-state index contributed by atoms with van der Waals surface area (Å²) in [5.74, 6) is 2.43. The molecule has 4 nitrogen and oxygen atoms in total. The largest absolute Gasteiger partial charge is 0.454 e. The van der Waals surface area contributed by atoms with E-state index in [0.717, 1.165) is 31.2 Å². The fourth-order valence-corrected chi connectivity index (χ4v) is 3.71. The fraction of sp³-hybridized carbons (Fsp3) is 0.500. The second kappa shape index (κ2) is 7.20. The molecule has 1 aromatic carbocycles. The van der Waals surface area contributed by atoms with Crippen molar-refractivity contribution in [3.63, 3.8) is 0 Å². The highest BCUT2D eigenvalue weighted by molar-refractivity contribution is 5.39. The van der Waals surface area contributed by atoms with Crippen molar-refractivity contribution in [1.82, 2.24) is 9.97 Å². The summed E-state index contributed by atoms with van der Waals surface area (Å²) in [5, 5.41) is 0. The van der Waals surface area contributed by atoms with Crippen LogP contribution in [-0.4, -0.2) is 23.1 Å². The predicted molar refractivity (Wildman–Crippen MR) is 95.9 cm³/mol. The molecule has 1 aliphatic heterocycles. The van der Waals surface area contributed by atoms with Gasteiger partial charge in [0.1, 0.15) is 5.75 Å². The first-order valence-electron chi connectivity index (χ1n) is 9.25. The molecule has 24 heavy (non-hydrogen) atoms. The summed E-state index contributed by atoms with van der Waals surface area (Å²) in [5.41, 5.74) is 2.92. The van der Waals surface area contributed by atoms with Crippen molar-refractivity contribution in [3.05, 3.63) is 41.7 Å². The van der Waals surface area contributed by atoms with Crippen LogP contribution in [0.15, 0.2) is 30.6 Å². The number of benzene rings is 1. The lowest BCUT2D eigenvalue weighted by Gasteiger charge is -2.26. The Kier molecular flexibility index (Phi) is 4.63. The van der Waals surface area contributed by atoms with Crippen molar-refractivity contribution in [2.75, 3.05) is 18.0 Å². The molecule has 0 saturated carbocycles. The third-order valence-electron chi connectivity index (χ3n) is 5.06. The van der Waals surface area contributed by atoms with Gasteiger partial charge in [0, 0.05) is 13.1 Å². The molecule has 2 aromatic rings. The van der Waals surface area contributed by atoms with Gasteiger partial charge in [-0.05, 0) is 68.2 Å². The molecule has 2 heterocycles. The molecule has 0 unspecified atom stereocenters. The summed E-state index contributed by atoms with van der Waals surface area (Å²) < 4.78 is 5.98. The Labute approximate surface area is 143 Å². The summed E-state index contributed by atoms with van der Waals surface area (Å²) in [6, 6.07) is 6.49. The van der Waals surface area contributed by atoms with Gasteiger partial charge in [0.2, 0.25) is 5.95 Å². The molecule has 0 radical (unpaired) electrons. The van der Waals surface area contributed by atoms with Crippen LogP contribution in [0.2, 0.25) is 0 Å². The fourth-order valence-electron chi connectivity index (χ4n) is 3.71. The molecule has 4 heteroatoms. The van der Waals surface area contributed by atoms with Crippen LogP contribution in [0.1, 0.15) is 49.7 Å². The number of rotatable bonds is 3. The minimum absolute atomic E-state index is 0.712. The molecule has 0 atom stereocenters. The van der Waals surface area contributed by atoms with Crippen LogP contribution >= 0.6 is 0 Å². The van der Waals surface area contributed by atoms with Crippen LogP contribution in [0.5, 0.6) is 11.5 Å². The Balaban J connectivity index is 1.46. The van der Waals surface area contributed by atoms with Gasteiger partial charge < -0.3 is 9.64 Å². The van der Waals surface area contributed by atoms with Crippen LogP contribution in [0.25, 0.3) is 0 Å². The van der Waals surface area contributed by atoms with E-state index in [1.807, 2.05) is 0 Å². The maximum atomic E-state index is 5.98. The molecule has 1 fully saturated rings. The number of hydrogen-bond donors (Lipinski definition) is 0. The van der Waals surface area contributed by atoms with Gasteiger partial charge in [-0.2, -0.15) is 0 Å². The van der Waals surface area contributed by atoms with E-state index in [-0.39, 0.29) is 0 Å². The zero-order chi connectivity index (χ0) is 16.2. The maximum absolute atomic E-state index is 5.98. The third-order valence-corrected chi connectivity index (χ3v) is 5.06. The Bertz CT molecular complexity index is 678. The minimum atomic E-state index is 0.712. The summed E-state index contributed by atoms with van der Waals surface area (Å²) in [7, 11) is 0. The Morgan fingerprint density at radius 3 is 2.25 bits per heavy atom. The minimum Gasteiger partial charge on any atom is -0.454 e. The molecule has 4 rings (SSSR count). The topological polar surface area (TPSA) is 38.2 Å². The summed E-state index contributed by atoms with van der Waals surface area (Å²) in [4.78, 5) is 11.2. The number of aromatic nitrogens is 2. The summed E-state index contributed by atoms with van der Waals surface area (Å²) in [6.07, 6.45) is 13.6. The van der Waals surface area contributed by atoms with E-state index < -0.39 is 0 Å². The standard InChI is InChI=1S/C20H25N3O/c1-3-7-16-9-10-18(13-17(16)8-4-1)24-19-14-21-20(22-15-19)23-11-5-2-6-12-23/h9-10,13-15H,1-8,11-12H2. The van der Waals surface area contributed by atoms with Crippen LogP contribution in [0.4, 0.5) is 5.95 Å². The normalized spacial score (nSPS) is 17.9. The molecule has 0 amide bonds. The number of aryl methyl sites for hydroxylation is 2. The predicted octanol–water partition coefficient (Wildman–Crippen LogP) is 4.53. The first-order chi connectivity index (χ1) is 11.9. The molecule has 0 bridgehead atoms. The summed E-state index contributed by atoms with van der Waals surface area (Å²) in [6.45, 7) is 2.12. The first-order valence-corrected chi connectivity index (χ1v) is 9.25. The molecule has 0 N–H and O–H groups in total. The SMILES string of the molecule is c1cc2c(cc1Oc1cnc(N3CCCCC3)nc1)CCCCC2. The number of ether oxygens (including phenoxy) is 1. The Morgan fingerprint density at radius 2 is 1.46 bits per heavy atom. The Morgan fingerprint density at radius 1 is 0.750 bits per heavy atom. The number of fused-ring (bicyclic) bond motifs is 1. The number of piperidine rings is 1. The van der Waals surface area contributed by atoms with Gasteiger partial charge in [-0.1, -0.05) is 12.5 Å². The van der Waals surface area contributed by atoms with E-state index in [1.165, 1.54) is 56.1 Å². The molecular weight excluding hydrogens is 298 g/mol. The molecule has 1 saturated heterocycles. The van der Waals surface area contributed by atoms with E-state index in [0.29, 0.717) is 5.75 Å². The number of hydrogen-bond acceptors (Lipinski definition) is 4. The van der Waals surface area contributed by atoms with Gasteiger partial charge in [0.15, 0.2) is 5.75 Å². The molecule has 1 aliphatic carbocycles. The van der Waals surface area contributed by atoms with E-state index in [4.69, 9.17) is 4.74 Å².